The molecule has 3 rings (SSSR count). The number of methoxy groups -OCH3 is 1. The topological polar surface area (TPSA) is 92.8 Å². The first-order valence-electron chi connectivity index (χ1n) is 9.57. The van der Waals surface area contributed by atoms with Crippen molar-refractivity contribution >= 4 is 43.5 Å². The van der Waals surface area contributed by atoms with Crippen molar-refractivity contribution in [3.63, 3.8) is 0 Å². The van der Waals surface area contributed by atoms with Gasteiger partial charge in [0.1, 0.15) is 0 Å². The third-order valence-corrected chi connectivity index (χ3v) is 6.90. The standard InChI is InChI=1S/C23H21BrN2O5S/c1-31-23(28)18-9-13-20(14-10-18)25-22(27)16-26(15-17-7-11-19(24)12-8-17)32(29,30)21-5-3-2-4-6-21/h2-14H,15-16H2,1H3,(H,25,27). The number of ether oxygens (including phenoxy) is 1. The molecule has 0 spiro atoms. The first-order chi connectivity index (χ1) is 15.3. The van der Waals surface area contributed by atoms with Crippen molar-refractivity contribution in [2.24, 2.45) is 0 Å². The van der Waals surface area contributed by atoms with Gasteiger partial charge < -0.3 is 10.1 Å². The average molecular weight is 517 g/mol. The maximum Gasteiger partial charge on any atom is 0.337 e. The maximum absolute atomic E-state index is 13.2. The largest absolute Gasteiger partial charge is 0.465 e. The van der Waals surface area contributed by atoms with E-state index in [4.69, 9.17) is 0 Å². The second-order valence-corrected chi connectivity index (χ2v) is 9.68. The fraction of sp³-hybridized carbons (Fsp3) is 0.130. The van der Waals surface area contributed by atoms with Crippen molar-refractivity contribution in [1.29, 1.82) is 0 Å². The predicted molar refractivity (Wildman–Crippen MR) is 125 cm³/mol. The molecule has 0 unspecified atom stereocenters. The van der Waals surface area contributed by atoms with E-state index < -0.39 is 21.9 Å². The summed E-state index contributed by atoms with van der Waals surface area (Å²) in [5, 5.41) is 2.67. The van der Waals surface area contributed by atoms with Gasteiger partial charge in [-0.15, -0.1) is 0 Å². The SMILES string of the molecule is COC(=O)c1ccc(NC(=O)CN(Cc2ccc(Br)cc2)S(=O)(=O)c2ccccc2)cc1. The zero-order chi connectivity index (χ0) is 23.1. The van der Waals surface area contributed by atoms with Crippen LogP contribution in [-0.4, -0.2) is 38.3 Å². The lowest BCUT2D eigenvalue weighted by Crippen LogP contribution is -2.37. The minimum Gasteiger partial charge on any atom is -0.465 e. The monoisotopic (exact) mass is 516 g/mol. The van der Waals surface area contributed by atoms with Crippen molar-refractivity contribution in [1.82, 2.24) is 4.31 Å². The van der Waals surface area contributed by atoms with E-state index in [0.717, 1.165) is 14.3 Å². The van der Waals surface area contributed by atoms with Crippen LogP contribution >= 0.6 is 15.9 Å². The number of anilines is 1. The maximum atomic E-state index is 13.2. The number of hydrogen-bond acceptors (Lipinski definition) is 5. The number of benzene rings is 3. The molecule has 1 amide bonds. The second kappa shape index (κ2) is 10.5. The molecule has 0 saturated carbocycles. The highest BCUT2D eigenvalue weighted by Gasteiger charge is 2.27. The van der Waals surface area contributed by atoms with Crippen LogP contribution in [-0.2, 0) is 26.1 Å². The smallest absolute Gasteiger partial charge is 0.337 e. The van der Waals surface area contributed by atoms with E-state index in [2.05, 4.69) is 26.0 Å². The van der Waals surface area contributed by atoms with Gasteiger partial charge in [0, 0.05) is 16.7 Å². The molecule has 0 aromatic heterocycles. The molecule has 1 N–H and O–H groups in total. The van der Waals surface area contributed by atoms with Gasteiger partial charge in [-0.05, 0) is 54.1 Å². The lowest BCUT2D eigenvalue weighted by molar-refractivity contribution is -0.116. The summed E-state index contributed by atoms with van der Waals surface area (Å²) in [7, 11) is -2.64. The van der Waals surface area contributed by atoms with E-state index in [1.165, 1.54) is 31.4 Å². The van der Waals surface area contributed by atoms with Gasteiger partial charge in [0.05, 0.1) is 24.1 Å². The molecule has 3 aromatic rings. The van der Waals surface area contributed by atoms with Crippen LogP contribution in [0.1, 0.15) is 15.9 Å². The van der Waals surface area contributed by atoms with E-state index in [1.54, 1.807) is 42.5 Å². The summed E-state index contributed by atoms with van der Waals surface area (Å²) < 4.78 is 33.1. The summed E-state index contributed by atoms with van der Waals surface area (Å²) >= 11 is 3.36. The van der Waals surface area contributed by atoms with Crippen molar-refractivity contribution in [3.8, 4) is 0 Å². The average Bonchev–Trinajstić information content (AvgIpc) is 2.80. The summed E-state index contributed by atoms with van der Waals surface area (Å²) in [6, 6.07) is 21.3. The van der Waals surface area contributed by atoms with Crippen LogP contribution in [0.25, 0.3) is 0 Å². The van der Waals surface area contributed by atoms with Crippen LogP contribution in [0.2, 0.25) is 0 Å². The Balaban J connectivity index is 1.80. The Bertz CT molecular complexity index is 1180. The number of esters is 1. The van der Waals surface area contributed by atoms with E-state index in [-0.39, 0.29) is 18.0 Å². The Morgan fingerprint density at radius 1 is 0.938 bits per heavy atom. The summed E-state index contributed by atoms with van der Waals surface area (Å²) in [5.74, 6) is -0.995. The first kappa shape index (κ1) is 23.6. The van der Waals surface area contributed by atoms with Crippen molar-refractivity contribution in [3.05, 3.63) is 94.5 Å². The fourth-order valence-corrected chi connectivity index (χ4v) is 4.60. The van der Waals surface area contributed by atoms with Crippen LogP contribution in [0.5, 0.6) is 0 Å². The van der Waals surface area contributed by atoms with Crippen LogP contribution in [0.3, 0.4) is 0 Å². The number of nitrogens with zero attached hydrogens (tertiary/aromatic N) is 1. The number of rotatable bonds is 8. The van der Waals surface area contributed by atoms with Gasteiger partial charge in [-0.2, -0.15) is 4.31 Å². The molecule has 0 aliphatic rings. The molecule has 0 radical (unpaired) electrons. The number of nitrogens with one attached hydrogen (secondary N) is 1. The van der Waals surface area contributed by atoms with Gasteiger partial charge >= 0.3 is 5.97 Å². The number of sulfonamides is 1. The van der Waals surface area contributed by atoms with Gasteiger partial charge in [0.2, 0.25) is 15.9 Å². The van der Waals surface area contributed by atoms with Gasteiger partial charge in [-0.25, -0.2) is 13.2 Å². The van der Waals surface area contributed by atoms with Gasteiger partial charge in [0.15, 0.2) is 0 Å². The normalized spacial score (nSPS) is 11.2. The molecule has 0 bridgehead atoms. The predicted octanol–water partition coefficient (Wildman–Crippen LogP) is 4.07. The third-order valence-electron chi connectivity index (χ3n) is 4.56. The van der Waals surface area contributed by atoms with E-state index in [1.807, 2.05) is 12.1 Å². The molecular formula is C23H21BrN2O5S. The third kappa shape index (κ3) is 6.03. The zero-order valence-corrected chi connectivity index (χ0v) is 19.6. The Hall–Kier alpha value is -3.01. The minimum atomic E-state index is -3.92. The van der Waals surface area contributed by atoms with Gasteiger partial charge in [0.25, 0.3) is 0 Å². The van der Waals surface area contributed by atoms with Gasteiger partial charge in [-0.1, -0.05) is 46.3 Å². The summed E-state index contributed by atoms with van der Waals surface area (Å²) in [6.45, 7) is -0.356. The molecule has 0 fully saturated rings. The van der Waals surface area contributed by atoms with Crippen molar-refractivity contribution in [2.45, 2.75) is 11.4 Å². The molecule has 0 atom stereocenters. The lowest BCUT2D eigenvalue weighted by atomic mass is 10.2. The molecular weight excluding hydrogens is 496 g/mol. The number of hydrogen-bond donors (Lipinski definition) is 1. The molecule has 0 saturated heterocycles. The molecule has 7 nitrogen and oxygen atoms in total. The Kier molecular flexibility index (Phi) is 7.79. The van der Waals surface area contributed by atoms with Crippen molar-refractivity contribution < 1.29 is 22.7 Å². The molecule has 0 aliphatic carbocycles. The van der Waals surface area contributed by atoms with E-state index >= 15 is 0 Å². The molecule has 0 aliphatic heterocycles. The summed E-state index contributed by atoms with van der Waals surface area (Å²) in [4.78, 5) is 24.4. The van der Waals surface area contributed by atoms with Crippen LogP contribution in [0, 0.1) is 0 Å². The Labute approximate surface area is 195 Å². The summed E-state index contributed by atoms with van der Waals surface area (Å²) in [6.07, 6.45) is 0. The summed E-state index contributed by atoms with van der Waals surface area (Å²) in [5.41, 5.74) is 1.51. The Morgan fingerprint density at radius 2 is 1.56 bits per heavy atom. The molecule has 3 aromatic carbocycles. The van der Waals surface area contributed by atoms with E-state index in [9.17, 15) is 18.0 Å². The fourth-order valence-electron chi connectivity index (χ4n) is 2.93. The highest BCUT2D eigenvalue weighted by atomic mass is 79.9. The molecule has 32 heavy (non-hydrogen) atoms. The van der Waals surface area contributed by atoms with Crippen LogP contribution in [0.4, 0.5) is 5.69 Å². The number of carbonyl (C=O) groups is 2. The van der Waals surface area contributed by atoms with Gasteiger partial charge in [-0.3, -0.25) is 4.79 Å². The zero-order valence-electron chi connectivity index (χ0n) is 17.2. The Morgan fingerprint density at radius 3 is 2.16 bits per heavy atom. The quantitative estimate of drug-likeness (QED) is 0.455. The van der Waals surface area contributed by atoms with Crippen molar-refractivity contribution in [2.75, 3.05) is 19.0 Å². The highest BCUT2D eigenvalue weighted by molar-refractivity contribution is 9.10. The highest BCUT2D eigenvalue weighted by Crippen LogP contribution is 2.20. The first-order valence-corrected chi connectivity index (χ1v) is 11.8. The number of amides is 1. The van der Waals surface area contributed by atoms with E-state index in [0.29, 0.717) is 11.3 Å². The molecule has 9 heteroatoms. The molecule has 0 heterocycles. The molecule has 166 valence electrons. The minimum absolute atomic E-state index is 0.0270. The van der Waals surface area contributed by atoms with Crippen LogP contribution in [0.15, 0.2) is 88.2 Å². The second-order valence-electron chi connectivity index (χ2n) is 6.83. The number of carbonyl (C=O) groups excluding carboxylic acids is 2. The lowest BCUT2D eigenvalue weighted by Gasteiger charge is -2.22. The number of halogens is 1. The van der Waals surface area contributed by atoms with Crippen LogP contribution < -0.4 is 5.32 Å².